The molecular formula is C27H39N5S. The van der Waals surface area contributed by atoms with Crippen LogP contribution in [0.1, 0.15) is 53.9 Å². The van der Waals surface area contributed by atoms with Gasteiger partial charge in [-0.2, -0.15) is 0 Å². The fourth-order valence-electron chi connectivity index (χ4n) is 4.20. The molecule has 0 unspecified atom stereocenters. The highest BCUT2D eigenvalue weighted by molar-refractivity contribution is 7.81. The number of hydrogen-bond donors (Lipinski definition) is 1. The molecule has 1 N–H and O–H groups in total. The van der Waals surface area contributed by atoms with Gasteiger partial charge in [0.05, 0.1) is 11.4 Å². The smallest absolute Gasteiger partial charge is 0.127 e. The van der Waals surface area contributed by atoms with E-state index in [1.54, 1.807) is 0 Å². The van der Waals surface area contributed by atoms with Crippen LogP contribution >= 0.6 is 12.2 Å². The van der Waals surface area contributed by atoms with Gasteiger partial charge in [0.2, 0.25) is 0 Å². The van der Waals surface area contributed by atoms with Crippen LogP contribution in [0, 0.1) is 0 Å². The van der Waals surface area contributed by atoms with Crippen molar-refractivity contribution in [1.29, 1.82) is 0 Å². The standard InChI is InChI=1S/C27H39N5S/c1-6-11-12-22-21-31(25-17-13-23(14-18-25)29(7-2)8-3)28-32(27(22)33)26-19-15-24(16-20-26)30(9-4)10-5/h13-21,28H,6-12H2,1-5H3. The molecule has 0 bridgehead atoms. The van der Waals surface area contributed by atoms with Crippen LogP contribution in [0.2, 0.25) is 0 Å². The Morgan fingerprint density at radius 1 is 0.727 bits per heavy atom. The molecule has 2 aromatic rings. The second-order valence-electron chi connectivity index (χ2n) is 8.25. The number of hydrazine groups is 2. The van der Waals surface area contributed by atoms with Gasteiger partial charge >= 0.3 is 0 Å². The Morgan fingerprint density at radius 2 is 1.21 bits per heavy atom. The molecular weight excluding hydrogens is 426 g/mol. The lowest BCUT2D eigenvalue weighted by Gasteiger charge is -2.38. The molecule has 178 valence electrons. The molecule has 6 heteroatoms. The number of nitrogens with one attached hydrogen (secondary N) is 1. The predicted octanol–water partition coefficient (Wildman–Crippen LogP) is 6.53. The van der Waals surface area contributed by atoms with Gasteiger partial charge in [0.15, 0.2) is 0 Å². The largest absolute Gasteiger partial charge is 0.372 e. The van der Waals surface area contributed by atoms with Crippen LogP contribution in [-0.2, 0) is 0 Å². The van der Waals surface area contributed by atoms with Crippen LogP contribution in [0.5, 0.6) is 0 Å². The van der Waals surface area contributed by atoms with E-state index in [9.17, 15) is 0 Å². The van der Waals surface area contributed by atoms with Gasteiger partial charge in [0, 0.05) is 49.3 Å². The van der Waals surface area contributed by atoms with Gasteiger partial charge in [-0.1, -0.05) is 25.6 Å². The van der Waals surface area contributed by atoms with Gasteiger partial charge in [-0.15, -0.1) is 5.53 Å². The number of benzene rings is 2. The van der Waals surface area contributed by atoms with E-state index in [0.29, 0.717) is 0 Å². The first kappa shape index (κ1) is 25.1. The molecule has 0 saturated heterocycles. The Hall–Kier alpha value is -2.57. The molecule has 0 aliphatic carbocycles. The summed E-state index contributed by atoms with van der Waals surface area (Å²) in [5, 5.41) is 4.12. The van der Waals surface area contributed by atoms with E-state index >= 15 is 0 Å². The summed E-state index contributed by atoms with van der Waals surface area (Å²) in [6.45, 7) is 15.0. The maximum atomic E-state index is 5.91. The number of nitrogens with zero attached hydrogens (tertiary/aromatic N) is 4. The Morgan fingerprint density at radius 3 is 1.67 bits per heavy atom. The minimum Gasteiger partial charge on any atom is -0.372 e. The van der Waals surface area contributed by atoms with Crippen molar-refractivity contribution in [3.63, 3.8) is 0 Å². The summed E-state index contributed by atoms with van der Waals surface area (Å²) in [7, 11) is 0. The van der Waals surface area contributed by atoms with Gasteiger partial charge in [0.1, 0.15) is 4.99 Å². The lowest BCUT2D eigenvalue weighted by atomic mass is 10.1. The fourth-order valence-corrected chi connectivity index (χ4v) is 4.50. The van der Waals surface area contributed by atoms with E-state index in [-0.39, 0.29) is 0 Å². The van der Waals surface area contributed by atoms with E-state index in [1.165, 1.54) is 16.9 Å². The predicted molar refractivity (Wildman–Crippen MR) is 148 cm³/mol. The fraction of sp³-hybridized carbons (Fsp3) is 0.444. The highest BCUT2D eigenvalue weighted by atomic mass is 32.1. The van der Waals surface area contributed by atoms with Gasteiger partial charge in [-0.3, -0.25) is 5.01 Å². The molecule has 0 fully saturated rings. The van der Waals surface area contributed by atoms with Crippen LogP contribution < -0.4 is 25.4 Å². The van der Waals surface area contributed by atoms with Crippen LogP contribution in [0.3, 0.4) is 0 Å². The Balaban J connectivity index is 1.89. The Kier molecular flexibility index (Phi) is 9.15. The zero-order valence-corrected chi connectivity index (χ0v) is 21.7. The normalized spacial score (nSPS) is 13.8. The van der Waals surface area contributed by atoms with Crippen molar-refractivity contribution in [1.82, 2.24) is 5.53 Å². The third kappa shape index (κ3) is 5.87. The third-order valence-corrected chi connectivity index (χ3v) is 6.71. The van der Waals surface area contributed by atoms with Crippen molar-refractivity contribution < 1.29 is 0 Å². The molecule has 0 aromatic heterocycles. The first-order chi connectivity index (χ1) is 16.1. The third-order valence-electron chi connectivity index (χ3n) is 6.26. The van der Waals surface area contributed by atoms with Gasteiger partial charge in [-0.05, 0) is 89.1 Å². The molecule has 1 aliphatic heterocycles. The summed E-state index contributed by atoms with van der Waals surface area (Å²) >= 11 is 5.91. The highest BCUT2D eigenvalue weighted by Crippen LogP contribution is 2.28. The quantitative estimate of drug-likeness (QED) is 0.379. The SMILES string of the molecule is CCCCC1=CN(c2ccc(N(CC)CC)cc2)NN(c2ccc(N(CC)CC)cc2)C1=S. The maximum absolute atomic E-state index is 5.91. The molecule has 33 heavy (non-hydrogen) atoms. The van der Waals surface area contributed by atoms with Crippen LogP contribution in [0.4, 0.5) is 22.7 Å². The monoisotopic (exact) mass is 465 g/mol. The second-order valence-corrected chi connectivity index (χ2v) is 8.63. The van der Waals surface area contributed by atoms with E-state index < -0.39 is 0 Å². The van der Waals surface area contributed by atoms with E-state index in [0.717, 1.165) is 61.8 Å². The topological polar surface area (TPSA) is 25.0 Å². The van der Waals surface area contributed by atoms with E-state index in [2.05, 4.69) is 110 Å². The summed E-state index contributed by atoms with van der Waals surface area (Å²) in [4.78, 5) is 5.55. The molecule has 0 amide bonds. The molecule has 0 spiro atoms. The Bertz CT molecular complexity index is 915. The molecule has 2 aromatic carbocycles. The van der Waals surface area contributed by atoms with Crippen LogP contribution in [0.15, 0.2) is 60.3 Å². The summed E-state index contributed by atoms with van der Waals surface area (Å²) < 4.78 is 0. The van der Waals surface area contributed by atoms with Crippen molar-refractivity contribution in [3.05, 3.63) is 60.3 Å². The second kappa shape index (κ2) is 12.1. The van der Waals surface area contributed by atoms with Crippen molar-refractivity contribution in [2.45, 2.75) is 53.9 Å². The summed E-state index contributed by atoms with van der Waals surface area (Å²) in [5.74, 6) is 0. The van der Waals surface area contributed by atoms with Crippen molar-refractivity contribution >= 4 is 40.0 Å². The zero-order valence-electron chi connectivity index (χ0n) is 20.8. The van der Waals surface area contributed by atoms with Crippen molar-refractivity contribution in [2.75, 3.05) is 46.0 Å². The number of rotatable bonds is 11. The van der Waals surface area contributed by atoms with Crippen LogP contribution in [0.25, 0.3) is 0 Å². The number of thiocarbonyl (C=S) groups is 1. The molecule has 3 rings (SSSR count). The van der Waals surface area contributed by atoms with Crippen LogP contribution in [-0.4, -0.2) is 31.2 Å². The highest BCUT2D eigenvalue weighted by Gasteiger charge is 2.24. The molecule has 1 heterocycles. The average molecular weight is 466 g/mol. The van der Waals surface area contributed by atoms with Gasteiger partial charge < -0.3 is 9.80 Å². The summed E-state index contributed by atoms with van der Waals surface area (Å²) in [6, 6.07) is 17.4. The number of unbranched alkanes of at least 4 members (excludes halogenated alkanes) is 1. The number of hydrogen-bond acceptors (Lipinski definition) is 5. The zero-order chi connectivity index (χ0) is 23.8. The van der Waals surface area contributed by atoms with Crippen molar-refractivity contribution in [3.8, 4) is 0 Å². The molecule has 0 saturated carbocycles. The van der Waals surface area contributed by atoms with E-state index in [1.807, 2.05) is 5.01 Å². The van der Waals surface area contributed by atoms with Crippen molar-refractivity contribution in [2.24, 2.45) is 0 Å². The summed E-state index contributed by atoms with van der Waals surface area (Å²) in [5.41, 5.74) is 9.32. The molecule has 0 atom stereocenters. The van der Waals surface area contributed by atoms with Gasteiger partial charge in [0.25, 0.3) is 0 Å². The molecule has 5 nitrogen and oxygen atoms in total. The first-order valence-corrected chi connectivity index (χ1v) is 12.8. The Labute approximate surface area is 205 Å². The maximum Gasteiger partial charge on any atom is 0.127 e. The first-order valence-electron chi connectivity index (χ1n) is 12.4. The average Bonchev–Trinajstić information content (AvgIpc) is 2.86. The van der Waals surface area contributed by atoms with Gasteiger partial charge in [-0.25, -0.2) is 5.01 Å². The minimum absolute atomic E-state index is 0.843. The lowest BCUT2D eigenvalue weighted by Crippen LogP contribution is -2.54. The number of anilines is 4. The molecule has 1 aliphatic rings. The van der Waals surface area contributed by atoms with E-state index in [4.69, 9.17) is 12.2 Å². The molecule has 0 radical (unpaired) electrons. The summed E-state index contributed by atoms with van der Waals surface area (Å²) in [6.07, 6.45) is 5.39. The minimum atomic E-state index is 0.843. The lowest BCUT2D eigenvalue weighted by molar-refractivity contribution is 0.702.